The summed E-state index contributed by atoms with van der Waals surface area (Å²) >= 11 is 3.27. The number of carboxylic acid groups (broad SMARTS) is 1. The van der Waals surface area contributed by atoms with Gasteiger partial charge in [-0.15, -0.1) is 0 Å². The van der Waals surface area contributed by atoms with E-state index in [2.05, 4.69) is 21.2 Å². The second-order valence-electron chi connectivity index (χ2n) is 3.36. The molecule has 6 heteroatoms. The van der Waals surface area contributed by atoms with Crippen molar-refractivity contribution in [3.63, 3.8) is 0 Å². The highest BCUT2D eigenvalue weighted by Gasteiger charge is 2.18. The third-order valence-electron chi connectivity index (χ3n) is 2.15. The van der Waals surface area contributed by atoms with Gasteiger partial charge in [-0.05, 0) is 35.8 Å². The Morgan fingerprint density at radius 3 is 2.75 bits per heavy atom. The van der Waals surface area contributed by atoms with Crippen LogP contribution < -0.4 is 5.32 Å². The summed E-state index contributed by atoms with van der Waals surface area (Å²) < 4.78 is 2.54. The molecular weight excluding hydrogens is 276 g/mol. The SMILES string of the molecule is CCn1cc(Br)cc1C(=O)NC(C)C(=O)O. The van der Waals surface area contributed by atoms with Gasteiger partial charge in [0.25, 0.3) is 5.91 Å². The van der Waals surface area contributed by atoms with Crippen molar-refractivity contribution in [1.29, 1.82) is 0 Å². The number of carboxylic acids is 1. The number of nitrogens with one attached hydrogen (secondary N) is 1. The fourth-order valence-corrected chi connectivity index (χ4v) is 1.72. The number of nitrogens with zero attached hydrogens (tertiary/aromatic N) is 1. The number of carbonyl (C=O) groups excluding carboxylic acids is 1. The smallest absolute Gasteiger partial charge is 0.325 e. The normalized spacial score (nSPS) is 12.2. The number of aliphatic carboxylic acids is 1. The van der Waals surface area contributed by atoms with E-state index in [4.69, 9.17) is 5.11 Å². The number of amides is 1. The Labute approximate surface area is 102 Å². The number of aromatic nitrogens is 1. The van der Waals surface area contributed by atoms with E-state index in [1.54, 1.807) is 16.8 Å². The topological polar surface area (TPSA) is 71.3 Å². The highest BCUT2D eigenvalue weighted by molar-refractivity contribution is 9.10. The number of hydrogen-bond acceptors (Lipinski definition) is 2. The summed E-state index contributed by atoms with van der Waals surface area (Å²) in [6.45, 7) is 3.98. The first-order valence-electron chi connectivity index (χ1n) is 4.85. The number of carbonyl (C=O) groups is 2. The van der Waals surface area contributed by atoms with Crippen LogP contribution in [-0.2, 0) is 11.3 Å². The van der Waals surface area contributed by atoms with Crippen LogP contribution in [0.5, 0.6) is 0 Å². The molecule has 0 saturated heterocycles. The first-order valence-corrected chi connectivity index (χ1v) is 5.64. The second kappa shape index (κ2) is 5.16. The van der Waals surface area contributed by atoms with Crippen LogP contribution in [0.15, 0.2) is 16.7 Å². The molecule has 16 heavy (non-hydrogen) atoms. The fourth-order valence-electron chi connectivity index (χ4n) is 1.26. The van der Waals surface area contributed by atoms with E-state index in [0.717, 1.165) is 4.47 Å². The summed E-state index contributed by atoms with van der Waals surface area (Å²) in [6, 6.07) is 0.763. The Morgan fingerprint density at radius 1 is 1.62 bits per heavy atom. The molecule has 0 fully saturated rings. The Kier molecular flexibility index (Phi) is 4.12. The zero-order valence-corrected chi connectivity index (χ0v) is 10.6. The summed E-state index contributed by atoms with van der Waals surface area (Å²) in [5, 5.41) is 11.1. The van der Waals surface area contributed by atoms with Crippen LogP contribution in [0.4, 0.5) is 0 Å². The van der Waals surface area contributed by atoms with Crippen LogP contribution >= 0.6 is 15.9 Å². The summed E-state index contributed by atoms with van der Waals surface area (Å²) in [7, 11) is 0. The molecule has 0 aromatic carbocycles. The molecule has 0 spiro atoms. The Morgan fingerprint density at radius 2 is 2.25 bits per heavy atom. The Balaban J connectivity index is 2.84. The van der Waals surface area contributed by atoms with E-state index in [1.165, 1.54) is 6.92 Å². The standard InChI is InChI=1S/C10H13BrN2O3/c1-3-13-5-7(11)4-8(13)9(14)12-6(2)10(15)16/h4-6H,3H2,1-2H3,(H,12,14)(H,15,16). The molecule has 1 aromatic rings. The average Bonchev–Trinajstić information content (AvgIpc) is 2.59. The monoisotopic (exact) mass is 288 g/mol. The van der Waals surface area contributed by atoms with Gasteiger partial charge in [0.1, 0.15) is 11.7 Å². The molecule has 1 atom stereocenters. The Hall–Kier alpha value is -1.30. The molecule has 1 rings (SSSR count). The van der Waals surface area contributed by atoms with Gasteiger partial charge in [-0.25, -0.2) is 0 Å². The van der Waals surface area contributed by atoms with Gasteiger partial charge in [-0.2, -0.15) is 0 Å². The van der Waals surface area contributed by atoms with Crippen molar-refractivity contribution in [3.8, 4) is 0 Å². The molecule has 2 N–H and O–H groups in total. The van der Waals surface area contributed by atoms with Gasteiger partial charge >= 0.3 is 5.97 Å². The predicted molar refractivity (Wildman–Crippen MR) is 62.4 cm³/mol. The largest absolute Gasteiger partial charge is 0.480 e. The molecule has 5 nitrogen and oxygen atoms in total. The van der Waals surface area contributed by atoms with Crippen molar-refractivity contribution in [3.05, 3.63) is 22.4 Å². The predicted octanol–water partition coefficient (Wildman–Crippen LogP) is 1.47. The number of halogens is 1. The number of aryl methyl sites for hydroxylation is 1. The number of hydrogen-bond donors (Lipinski definition) is 2. The summed E-state index contributed by atoms with van der Waals surface area (Å²) in [6.07, 6.45) is 1.78. The van der Waals surface area contributed by atoms with E-state index in [-0.39, 0.29) is 5.91 Å². The van der Waals surface area contributed by atoms with Crippen molar-refractivity contribution in [2.24, 2.45) is 0 Å². The fraction of sp³-hybridized carbons (Fsp3) is 0.400. The van der Waals surface area contributed by atoms with Gasteiger partial charge in [0.15, 0.2) is 0 Å². The third kappa shape index (κ3) is 2.85. The van der Waals surface area contributed by atoms with E-state index < -0.39 is 12.0 Å². The molecule has 1 unspecified atom stereocenters. The van der Waals surface area contributed by atoms with E-state index in [1.807, 2.05) is 6.92 Å². The van der Waals surface area contributed by atoms with Gasteiger partial charge in [-0.1, -0.05) is 0 Å². The summed E-state index contributed by atoms with van der Waals surface area (Å²) in [5.74, 6) is -1.44. The highest BCUT2D eigenvalue weighted by atomic mass is 79.9. The molecule has 0 aliphatic carbocycles. The van der Waals surface area contributed by atoms with Crippen LogP contribution in [0.3, 0.4) is 0 Å². The molecule has 1 aromatic heterocycles. The van der Waals surface area contributed by atoms with Crippen molar-refractivity contribution in [1.82, 2.24) is 9.88 Å². The van der Waals surface area contributed by atoms with Gasteiger partial charge in [0.05, 0.1) is 0 Å². The molecule has 0 aliphatic rings. The van der Waals surface area contributed by atoms with Crippen molar-refractivity contribution in [2.45, 2.75) is 26.4 Å². The van der Waals surface area contributed by atoms with E-state index in [9.17, 15) is 9.59 Å². The third-order valence-corrected chi connectivity index (χ3v) is 2.59. The highest BCUT2D eigenvalue weighted by Crippen LogP contribution is 2.14. The van der Waals surface area contributed by atoms with E-state index in [0.29, 0.717) is 12.2 Å². The lowest BCUT2D eigenvalue weighted by Gasteiger charge is -2.10. The number of rotatable bonds is 4. The zero-order valence-electron chi connectivity index (χ0n) is 9.03. The molecular formula is C10H13BrN2O3. The molecule has 0 aliphatic heterocycles. The van der Waals surface area contributed by atoms with Crippen LogP contribution in [0.25, 0.3) is 0 Å². The van der Waals surface area contributed by atoms with Crippen molar-refractivity contribution < 1.29 is 14.7 Å². The van der Waals surface area contributed by atoms with Crippen LogP contribution in [0.2, 0.25) is 0 Å². The van der Waals surface area contributed by atoms with Gasteiger partial charge in [0, 0.05) is 17.2 Å². The molecule has 1 heterocycles. The minimum Gasteiger partial charge on any atom is -0.480 e. The molecule has 88 valence electrons. The van der Waals surface area contributed by atoms with E-state index >= 15 is 0 Å². The first-order chi connectivity index (χ1) is 7.45. The maximum atomic E-state index is 11.7. The van der Waals surface area contributed by atoms with Crippen LogP contribution in [0, 0.1) is 0 Å². The lowest BCUT2D eigenvalue weighted by molar-refractivity contribution is -0.138. The lowest BCUT2D eigenvalue weighted by Crippen LogP contribution is -2.39. The minimum absolute atomic E-state index is 0.387. The first kappa shape index (κ1) is 12.8. The molecule has 1 amide bonds. The maximum absolute atomic E-state index is 11.7. The maximum Gasteiger partial charge on any atom is 0.325 e. The second-order valence-corrected chi connectivity index (χ2v) is 4.28. The lowest BCUT2D eigenvalue weighted by atomic mass is 10.3. The van der Waals surface area contributed by atoms with Crippen LogP contribution in [-0.4, -0.2) is 27.6 Å². The molecule has 0 saturated carbocycles. The minimum atomic E-state index is -1.05. The zero-order chi connectivity index (χ0) is 12.3. The summed E-state index contributed by atoms with van der Waals surface area (Å²) in [4.78, 5) is 22.3. The average molecular weight is 289 g/mol. The van der Waals surface area contributed by atoms with Gasteiger partial charge in [0.2, 0.25) is 0 Å². The summed E-state index contributed by atoms with van der Waals surface area (Å²) in [5.41, 5.74) is 0.447. The van der Waals surface area contributed by atoms with Crippen molar-refractivity contribution >= 4 is 27.8 Å². The Bertz CT molecular complexity index is 414. The molecule has 0 radical (unpaired) electrons. The molecule has 0 bridgehead atoms. The van der Waals surface area contributed by atoms with Gasteiger partial charge in [-0.3, -0.25) is 9.59 Å². The van der Waals surface area contributed by atoms with Gasteiger partial charge < -0.3 is 15.0 Å². The van der Waals surface area contributed by atoms with Crippen LogP contribution in [0.1, 0.15) is 24.3 Å². The quantitative estimate of drug-likeness (QED) is 0.881. The van der Waals surface area contributed by atoms with Crippen molar-refractivity contribution in [2.75, 3.05) is 0 Å².